The number of aliphatic hydroxyl groups is 4. The number of benzene rings is 1. The van der Waals surface area contributed by atoms with Crippen LogP contribution in [0.25, 0.3) is 0 Å². The van der Waals surface area contributed by atoms with Crippen LogP contribution in [0.3, 0.4) is 0 Å². The molecule has 0 aromatic heterocycles. The lowest BCUT2D eigenvalue weighted by Gasteiger charge is -2.40. The Labute approximate surface area is 115 Å². The number of hydrogen-bond acceptors (Lipinski definition) is 6. The summed E-state index contributed by atoms with van der Waals surface area (Å²) in [5.41, 5.74) is 0.594. The molecule has 0 unspecified atom stereocenters. The van der Waals surface area contributed by atoms with E-state index in [4.69, 9.17) is 21.4 Å². The van der Waals surface area contributed by atoms with E-state index in [1.165, 1.54) is 0 Å². The Balaban J connectivity index is 2.10. The molecule has 1 aromatic rings. The SMILES string of the molecule is OC[C@H]1O[C@@H](Nc2cccc(Cl)c2)[C@H](O)[C@@H](O)[C@@H]1O. The van der Waals surface area contributed by atoms with Crippen LogP contribution in [0, 0.1) is 0 Å². The number of ether oxygens (including phenoxy) is 1. The van der Waals surface area contributed by atoms with Gasteiger partial charge in [-0.3, -0.25) is 0 Å². The number of nitrogens with one attached hydrogen (secondary N) is 1. The molecule has 0 saturated carbocycles. The maximum absolute atomic E-state index is 9.84. The highest BCUT2D eigenvalue weighted by Gasteiger charge is 2.43. The Morgan fingerprint density at radius 2 is 1.89 bits per heavy atom. The van der Waals surface area contributed by atoms with Gasteiger partial charge in [-0.2, -0.15) is 0 Å². The zero-order valence-corrected chi connectivity index (χ0v) is 10.7. The van der Waals surface area contributed by atoms with Crippen molar-refractivity contribution in [3.63, 3.8) is 0 Å². The van der Waals surface area contributed by atoms with Crippen LogP contribution in [-0.2, 0) is 4.74 Å². The summed E-state index contributed by atoms with van der Waals surface area (Å²) in [4.78, 5) is 0. The van der Waals surface area contributed by atoms with Crippen LogP contribution in [-0.4, -0.2) is 57.7 Å². The van der Waals surface area contributed by atoms with E-state index in [1.54, 1.807) is 24.3 Å². The fourth-order valence-electron chi connectivity index (χ4n) is 1.96. The molecule has 6 nitrogen and oxygen atoms in total. The monoisotopic (exact) mass is 289 g/mol. The Morgan fingerprint density at radius 1 is 1.16 bits per heavy atom. The lowest BCUT2D eigenvalue weighted by atomic mass is 9.98. The molecular weight excluding hydrogens is 274 g/mol. The number of rotatable bonds is 3. The zero-order valence-electron chi connectivity index (χ0n) is 9.98. The van der Waals surface area contributed by atoms with Gasteiger partial charge in [-0.25, -0.2) is 0 Å². The van der Waals surface area contributed by atoms with Gasteiger partial charge in [0.1, 0.15) is 24.4 Å². The third-order valence-corrected chi connectivity index (χ3v) is 3.26. The Bertz CT molecular complexity index is 430. The fourth-order valence-corrected chi connectivity index (χ4v) is 2.15. The normalized spacial score (nSPS) is 35.1. The molecule has 1 aliphatic heterocycles. The molecule has 1 aromatic carbocycles. The minimum absolute atomic E-state index is 0.460. The molecule has 1 heterocycles. The summed E-state index contributed by atoms with van der Waals surface area (Å²) >= 11 is 5.83. The number of halogens is 1. The number of hydrogen-bond donors (Lipinski definition) is 5. The largest absolute Gasteiger partial charge is 0.394 e. The molecule has 1 fully saturated rings. The summed E-state index contributed by atoms with van der Waals surface area (Å²) in [6.07, 6.45) is -5.97. The van der Waals surface area contributed by atoms with Crippen LogP contribution < -0.4 is 5.32 Å². The van der Waals surface area contributed by atoms with Crippen molar-refractivity contribution in [2.75, 3.05) is 11.9 Å². The van der Waals surface area contributed by atoms with Crippen molar-refractivity contribution >= 4 is 17.3 Å². The quantitative estimate of drug-likeness (QED) is 0.517. The Morgan fingerprint density at radius 3 is 2.53 bits per heavy atom. The standard InChI is InChI=1S/C12H16ClNO5/c13-6-2-1-3-7(4-6)14-12-11(18)10(17)9(16)8(5-15)19-12/h1-4,8-12,14-18H,5H2/t8-,9-,10+,11-,12-/m1/s1. The molecule has 0 aliphatic carbocycles. The van der Waals surface area contributed by atoms with Crippen molar-refractivity contribution in [2.45, 2.75) is 30.6 Å². The average Bonchev–Trinajstić information content (AvgIpc) is 2.39. The summed E-state index contributed by atoms with van der Waals surface area (Å²) in [7, 11) is 0. The van der Waals surface area contributed by atoms with Crippen molar-refractivity contribution in [1.29, 1.82) is 0 Å². The van der Waals surface area contributed by atoms with E-state index in [0.29, 0.717) is 10.7 Å². The molecule has 0 radical (unpaired) electrons. The van der Waals surface area contributed by atoms with Crippen LogP contribution in [0.5, 0.6) is 0 Å². The number of anilines is 1. The predicted octanol–water partition coefficient (Wildman–Crippen LogP) is -0.448. The molecule has 0 amide bonds. The van der Waals surface area contributed by atoms with Crippen molar-refractivity contribution in [2.24, 2.45) is 0 Å². The second-order valence-electron chi connectivity index (χ2n) is 4.40. The van der Waals surface area contributed by atoms with Crippen LogP contribution in [0.1, 0.15) is 0 Å². The maximum Gasteiger partial charge on any atom is 0.157 e. The van der Waals surface area contributed by atoms with Gasteiger partial charge in [-0.1, -0.05) is 17.7 Å². The topological polar surface area (TPSA) is 102 Å². The molecule has 106 valence electrons. The molecule has 1 saturated heterocycles. The predicted molar refractivity (Wildman–Crippen MR) is 68.8 cm³/mol. The van der Waals surface area contributed by atoms with E-state index in [-0.39, 0.29) is 0 Å². The van der Waals surface area contributed by atoms with Gasteiger partial charge in [0.25, 0.3) is 0 Å². The van der Waals surface area contributed by atoms with E-state index < -0.39 is 37.3 Å². The van der Waals surface area contributed by atoms with Gasteiger partial charge < -0.3 is 30.5 Å². The second kappa shape index (κ2) is 6.04. The van der Waals surface area contributed by atoms with E-state index in [9.17, 15) is 15.3 Å². The molecule has 0 spiro atoms. The van der Waals surface area contributed by atoms with Crippen LogP contribution >= 0.6 is 11.6 Å². The number of aliphatic hydroxyl groups excluding tert-OH is 4. The fraction of sp³-hybridized carbons (Fsp3) is 0.500. The van der Waals surface area contributed by atoms with E-state index in [0.717, 1.165) is 0 Å². The van der Waals surface area contributed by atoms with Crippen molar-refractivity contribution in [1.82, 2.24) is 0 Å². The van der Waals surface area contributed by atoms with Crippen molar-refractivity contribution < 1.29 is 25.2 Å². The minimum Gasteiger partial charge on any atom is -0.394 e. The molecule has 1 aliphatic rings. The summed E-state index contributed by atoms with van der Waals surface area (Å²) in [5, 5.41) is 41.5. The van der Waals surface area contributed by atoms with Gasteiger partial charge in [-0.15, -0.1) is 0 Å². The smallest absolute Gasteiger partial charge is 0.157 e. The second-order valence-corrected chi connectivity index (χ2v) is 4.84. The lowest BCUT2D eigenvalue weighted by molar-refractivity contribution is -0.221. The average molecular weight is 290 g/mol. The van der Waals surface area contributed by atoms with Gasteiger partial charge in [0.05, 0.1) is 6.61 Å². The summed E-state index contributed by atoms with van der Waals surface area (Å²) in [6.45, 7) is -0.460. The van der Waals surface area contributed by atoms with Crippen LogP contribution in [0.15, 0.2) is 24.3 Å². The Kier molecular flexibility index (Phi) is 4.62. The highest BCUT2D eigenvalue weighted by molar-refractivity contribution is 6.30. The van der Waals surface area contributed by atoms with Gasteiger partial charge in [0.15, 0.2) is 6.23 Å². The minimum atomic E-state index is -1.40. The molecular formula is C12H16ClNO5. The highest BCUT2D eigenvalue weighted by Crippen LogP contribution is 2.23. The summed E-state index contributed by atoms with van der Waals surface area (Å²) in [6, 6.07) is 6.75. The molecule has 19 heavy (non-hydrogen) atoms. The molecule has 2 rings (SSSR count). The Hall–Kier alpha value is -0.890. The molecule has 5 atom stereocenters. The van der Waals surface area contributed by atoms with Crippen LogP contribution in [0.4, 0.5) is 5.69 Å². The van der Waals surface area contributed by atoms with Crippen molar-refractivity contribution in [3.8, 4) is 0 Å². The summed E-state index contributed by atoms with van der Waals surface area (Å²) < 4.78 is 5.31. The molecule has 7 heteroatoms. The first-order valence-corrected chi connectivity index (χ1v) is 6.23. The third kappa shape index (κ3) is 3.17. The first kappa shape index (κ1) is 14.5. The van der Waals surface area contributed by atoms with Gasteiger partial charge in [0, 0.05) is 10.7 Å². The summed E-state index contributed by atoms with van der Waals surface area (Å²) in [5.74, 6) is 0. The van der Waals surface area contributed by atoms with Crippen molar-refractivity contribution in [3.05, 3.63) is 29.3 Å². The first-order valence-electron chi connectivity index (χ1n) is 5.85. The van der Waals surface area contributed by atoms with Gasteiger partial charge in [-0.05, 0) is 18.2 Å². The van der Waals surface area contributed by atoms with E-state index in [1.807, 2.05) is 0 Å². The third-order valence-electron chi connectivity index (χ3n) is 3.03. The maximum atomic E-state index is 9.84. The van der Waals surface area contributed by atoms with Gasteiger partial charge in [0.2, 0.25) is 0 Å². The zero-order chi connectivity index (χ0) is 14.0. The molecule has 0 bridgehead atoms. The highest BCUT2D eigenvalue weighted by atomic mass is 35.5. The van der Waals surface area contributed by atoms with E-state index in [2.05, 4.69) is 5.32 Å². The van der Waals surface area contributed by atoms with Gasteiger partial charge >= 0.3 is 0 Å². The molecule has 5 N–H and O–H groups in total. The van der Waals surface area contributed by atoms with E-state index >= 15 is 0 Å². The van der Waals surface area contributed by atoms with Crippen LogP contribution in [0.2, 0.25) is 5.02 Å². The lowest BCUT2D eigenvalue weighted by Crippen LogP contribution is -2.60. The first-order chi connectivity index (χ1) is 9.02.